The third kappa shape index (κ3) is 7.55. The van der Waals surface area contributed by atoms with Gasteiger partial charge in [-0.15, -0.1) is 0 Å². The number of carbonyl (C=O) groups is 4. The number of carboxylic acid groups (broad SMARTS) is 1. The highest BCUT2D eigenvalue weighted by Crippen LogP contribution is 2.39. The number of nitrogens with one attached hydrogen (secondary N) is 1. The summed E-state index contributed by atoms with van der Waals surface area (Å²) >= 11 is 0. The summed E-state index contributed by atoms with van der Waals surface area (Å²) in [6, 6.07) is 19.0. The molecule has 3 aromatic carbocycles. The highest BCUT2D eigenvalue weighted by Gasteiger charge is 2.43. The molecule has 0 bridgehead atoms. The third-order valence-electron chi connectivity index (χ3n) is 8.31. The number of fused-ring (bicyclic) bond motifs is 1. The number of likely N-dealkylation sites (N-methyl/N-ethyl adjacent to an activating group) is 1. The summed E-state index contributed by atoms with van der Waals surface area (Å²) < 4.78 is 5.69. The average molecular weight is 640 g/mol. The van der Waals surface area contributed by atoms with E-state index in [0.29, 0.717) is 22.7 Å². The molecular weight excluding hydrogens is 598 g/mol. The molecule has 0 fully saturated rings. The van der Waals surface area contributed by atoms with Crippen LogP contribution in [0.3, 0.4) is 0 Å². The van der Waals surface area contributed by atoms with Crippen molar-refractivity contribution in [2.45, 2.75) is 65.7 Å². The quantitative estimate of drug-likeness (QED) is 0.335. The number of hydrogen-bond acceptors (Lipinski definition) is 6. The number of benzene rings is 3. The van der Waals surface area contributed by atoms with Gasteiger partial charge in [-0.2, -0.15) is 5.26 Å². The van der Waals surface area contributed by atoms with Crippen LogP contribution in [0.5, 0.6) is 5.75 Å². The van der Waals surface area contributed by atoms with Crippen LogP contribution in [0.2, 0.25) is 0 Å². The van der Waals surface area contributed by atoms with Crippen LogP contribution in [-0.2, 0) is 20.9 Å². The Morgan fingerprint density at radius 1 is 1.04 bits per heavy atom. The van der Waals surface area contributed by atoms with Gasteiger partial charge in [0.15, 0.2) is 0 Å². The first kappa shape index (κ1) is 34.5. The lowest BCUT2D eigenvalue weighted by atomic mass is 9.87. The van der Waals surface area contributed by atoms with Crippen LogP contribution < -0.4 is 19.9 Å². The van der Waals surface area contributed by atoms with Crippen molar-refractivity contribution in [2.75, 3.05) is 24.0 Å². The molecule has 11 nitrogen and oxygen atoms in total. The van der Waals surface area contributed by atoms with E-state index in [1.807, 2.05) is 69.3 Å². The fourth-order valence-electron chi connectivity index (χ4n) is 5.93. The maximum Gasteiger partial charge on any atom is 0.407 e. The number of carbonyl (C=O) groups excluding carboxylic acids is 3. The van der Waals surface area contributed by atoms with Gasteiger partial charge in [-0.05, 0) is 60.2 Å². The lowest BCUT2D eigenvalue weighted by Crippen LogP contribution is -2.60. The first-order chi connectivity index (χ1) is 22.2. The minimum Gasteiger partial charge on any atom is -0.496 e. The minimum atomic E-state index is -1.29. The van der Waals surface area contributed by atoms with Gasteiger partial charge in [0.2, 0.25) is 11.8 Å². The third-order valence-corrected chi connectivity index (χ3v) is 8.31. The van der Waals surface area contributed by atoms with Gasteiger partial charge in [0, 0.05) is 19.5 Å². The van der Waals surface area contributed by atoms with Crippen molar-refractivity contribution in [1.82, 2.24) is 10.2 Å². The summed E-state index contributed by atoms with van der Waals surface area (Å²) in [5.74, 6) is -1.05. The molecule has 4 rings (SSSR count). The molecule has 11 heteroatoms. The van der Waals surface area contributed by atoms with Crippen LogP contribution >= 0.6 is 0 Å². The number of nitriles is 1. The van der Waals surface area contributed by atoms with Crippen molar-refractivity contribution in [3.05, 3.63) is 77.9 Å². The van der Waals surface area contributed by atoms with Crippen LogP contribution in [0.1, 0.15) is 52.2 Å². The highest BCUT2D eigenvalue weighted by molar-refractivity contribution is 6.08. The van der Waals surface area contributed by atoms with Crippen LogP contribution in [0.25, 0.3) is 11.1 Å². The normalized spacial score (nSPS) is 16.8. The summed E-state index contributed by atoms with van der Waals surface area (Å²) in [6.07, 6.45) is -1.10. The lowest BCUT2D eigenvalue weighted by molar-refractivity contribution is -0.131. The van der Waals surface area contributed by atoms with Crippen molar-refractivity contribution >= 4 is 35.2 Å². The Labute approximate surface area is 275 Å². The van der Waals surface area contributed by atoms with Crippen LogP contribution in [0, 0.1) is 16.7 Å². The van der Waals surface area contributed by atoms with Crippen LogP contribution in [0.15, 0.2) is 66.7 Å². The molecule has 0 aromatic heterocycles. The largest absolute Gasteiger partial charge is 0.496 e. The molecule has 3 atom stereocenters. The van der Waals surface area contributed by atoms with Gasteiger partial charge in [0.1, 0.15) is 17.8 Å². The van der Waals surface area contributed by atoms with Crippen molar-refractivity contribution in [1.29, 1.82) is 5.26 Å². The van der Waals surface area contributed by atoms with Crippen LogP contribution in [0.4, 0.5) is 16.2 Å². The zero-order valence-electron chi connectivity index (χ0n) is 27.8. The van der Waals surface area contributed by atoms with E-state index in [4.69, 9.17) is 4.74 Å². The monoisotopic (exact) mass is 639 g/mol. The smallest absolute Gasteiger partial charge is 0.407 e. The van der Waals surface area contributed by atoms with Gasteiger partial charge in [0.05, 0.1) is 42.7 Å². The second-order valence-electron chi connectivity index (χ2n) is 12.9. The predicted molar refractivity (Wildman–Crippen MR) is 179 cm³/mol. The molecule has 0 spiro atoms. The molecule has 47 heavy (non-hydrogen) atoms. The van der Waals surface area contributed by atoms with E-state index in [0.717, 1.165) is 16.0 Å². The fraction of sp³-hybridized carbons (Fsp3) is 0.361. The zero-order valence-corrected chi connectivity index (χ0v) is 27.8. The summed E-state index contributed by atoms with van der Waals surface area (Å²) in [6.45, 7) is 8.68. The molecule has 1 heterocycles. The number of ether oxygens (including phenoxy) is 1. The maximum absolute atomic E-state index is 14.7. The number of nitrogens with zero attached hydrogens (tertiary/aromatic N) is 4. The Balaban J connectivity index is 1.86. The van der Waals surface area contributed by atoms with Gasteiger partial charge in [-0.25, -0.2) is 4.79 Å². The number of amides is 4. The van der Waals surface area contributed by atoms with E-state index in [1.165, 1.54) is 30.9 Å². The Morgan fingerprint density at radius 2 is 1.72 bits per heavy atom. The average Bonchev–Trinajstić information content (AvgIpc) is 3.11. The maximum atomic E-state index is 14.7. The second kappa shape index (κ2) is 14.0. The molecule has 0 unspecified atom stereocenters. The molecule has 3 aromatic rings. The molecule has 246 valence electrons. The van der Waals surface area contributed by atoms with Crippen molar-refractivity contribution in [3.63, 3.8) is 0 Å². The first-order valence-corrected chi connectivity index (χ1v) is 15.3. The molecule has 0 aliphatic carbocycles. The molecular formula is C36H41N5O6. The Bertz CT molecular complexity index is 1710. The SMILES string of the molecule is COc1ccc(-c2ccccc2)cc1CN1C(=O)[C@@H](NC(=O)[C@H](CC(C)(C)C)N(C)C(=O)O)[C@H](C)N(C(C)=O)c2cc(C#N)ccc21. The summed E-state index contributed by atoms with van der Waals surface area (Å²) in [5.41, 5.74) is 3.10. The number of anilines is 2. The number of methoxy groups -OCH3 is 1. The van der Waals surface area contributed by atoms with Gasteiger partial charge < -0.3 is 25.0 Å². The van der Waals surface area contributed by atoms with Gasteiger partial charge >= 0.3 is 6.09 Å². The van der Waals surface area contributed by atoms with E-state index in [9.17, 15) is 29.5 Å². The molecule has 4 amide bonds. The predicted octanol–water partition coefficient (Wildman–Crippen LogP) is 5.42. The van der Waals surface area contributed by atoms with E-state index < -0.39 is 47.4 Å². The van der Waals surface area contributed by atoms with Gasteiger partial charge in [-0.1, -0.05) is 57.2 Å². The van der Waals surface area contributed by atoms with Crippen molar-refractivity contribution in [3.8, 4) is 22.9 Å². The van der Waals surface area contributed by atoms with E-state index in [1.54, 1.807) is 25.1 Å². The molecule has 2 N–H and O–H groups in total. The molecule has 0 saturated carbocycles. The second-order valence-corrected chi connectivity index (χ2v) is 12.9. The van der Waals surface area contributed by atoms with Crippen molar-refractivity contribution < 1.29 is 29.0 Å². The van der Waals surface area contributed by atoms with Gasteiger partial charge in [-0.3, -0.25) is 19.3 Å². The van der Waals surface area contributed by atoms with E-state index >= 15 is 0 Å². The summed E-state index contributed by atoms with van der Waals surface area (Å²) in [5, 5.41) is 22.3. The standard InChI is InChI=1S/C36H41N5O6/c1-22-32(38-33(43)30(19-36(3,4)5)39(6)35(45)46)34(44)40(28-15-13-24(20-37)17-29(28)41(22)23(2)42)21-27-18-26(14-16-31(27)47-7)25-11-9-8-10-12-25/h8-18,22,30,32H,19,21H2,1-7H3,(H,38,43)(H,45,46)/t22-,30-,32-/m0/s1. The highest BCUT2D eigenvalue weighted by atomic mass is 16.5. The summed E-state index contributed by atoms with van der Waals surface area (Å²) in [4.78, 5) is 57.6. The zero-order chi connectivity index (χ0) is 34.6. The Hall–Kier alpha value is -5.37. The van der Waals surface area contributed by atoms with Gasteiger partial charge in [0.25, 0.3) is 5.91 Å². The molecule has 1 aliphatic heterocycles. The molecule has 0 saturated heterocycles. The van der Waals surface area contributed by atoms with E-state index in [-0.39, 0.29) is 18.5 Å². The van der Waals surface area contributed by atoms with Crippen molar-refractivity contribution in [2.24, 2.45) is 5.41 Å². The lowest BCUT2D eigenvalue weighted by Gasteiger charge is -2.35. The summed E-state index contributed by atoms with van der Waals surface area (Å²) in [7, 11) is 2.85. The Morgan fingerprint density at radius 3 is 2.30 bits per heavy atom. The van der Waals surface area contributed by atoms with Crippen LogP contribution in [-0.4, -0.2) is 66.1 Å². The molecule has 1 aliphatic rings. The topological polar surface area (TPSA) is 143 Å². The molecule has 0 radical (unpaired) electrons. The van der Waals surface area contributed by atoms with E-state index in [2.05, 4.69) is 11.4 Å². The first-order valence-electron chi connectivity index (χ1n) is 15.3. The minimum absolute atomic E-state index is 0.00681. The fourth-order valence-corrected chi connectivity index (χ4v) is 5.93. The number of hydrogen-bond donors (Lipinski definition) is 2. The number of rotatable bonds is 8. The Kier molecular flexibility index (Phi) is 10.2.